The van der Waals surface area contributed by atoms with E-state index < -0.39 is 0 Å². The summed E-state index contributed by atoms with van der Waals surface area (Å²) < 4.78 is 24.0. The number of pyridine rings is 5. The predicted octanol–water partition coefficient (Wildman–Crippen LogP) is 34.7. The zero-order chi connectivity index (χ0) is 101. The second-order valence-electron chi connectivity index (χ2n) is 37.9. The van der Waals surface area contributed by atoms with Crippen LogP contribution >= 0.6 is 34.0 Å². The van der Waals surface area contributed by atoms with Gasteiger partial charge in [-0.25, -0.2) is 4.98 Å². The maximum absolute atomic E-state index is 5.56. The first kappa shape index (κ1) is 103. The van der Waals surface area contributed by atoms with E-state index in [1.54, 1.807) is 61.6 Å². The highest BCUT2D eigenvalue weighted by atomic mass is 32.1. The van der Waals surface area contributed by atoms with E-state index in [0.717, 1.165) is 94.9 Å². The molecule has 0 amide bonds. The minimum atomic E-state index is 0.788. The first-order chi connectivity index (χ1) is 74.5. The number of aromatic amines is 1. The van der Waals surface area contributed by atoms with Crippen LogP contribution in [0.2, 0.25) is 0 Å². The molecule has 0 atom stereocenters. The van der Waals surface area contributed by atoms with Gasteiger partial charge in [-0.3, -0.25) is 24.9 Å². The topological polar surface area (TPSA) is 134 Å². The number of thiazole rings is 1. The van der Waals surface area contributed by atoms with Crippen LogP contribution in [0.4, 0.5) is 0 Å². The molecule has 0 fully saturated rings. The number of hydrogen-bond acceptors (Lipinski definition) is 13. The van der Waals surface area contributed by atoms with Crippen LogP contribution in [-0.4, -0.2) is 54.7 Å². The fourth-order valence-electron chi connectivity index (χ4n) is 20.4. The van der Waals surface area contributed by atoms with Crippen molar-refractivity contribution in [2.24, 2.45) is 0 Å². The fourth-order valence-corrected chi connectivity index (χ4v) is 22.8. The lowest BCUT2D eigenvalue weighted by Gasteiger charge is -2.17. The second-order valence-corrected chi connectivity index (χ2v) is 40.7. The van der Waals surface area contributed by atoms with Crippen molar-refractivity contribution in [3.63, 3.8) is 0 Å². The van der Waals surface area contributed by atoms with Gasteiger partial charge in [-0.15, -0.1) is 34.0 Å². The number of hydrogen-bond donors (Lipinski definition) is 1. The van der Waals surface area contributed by atoms with Crippen LogP contribution < -0.4 is 14.2 Å². The molecule has 0 bridgehead atoms. The Kier molecular flexibility index (Phi) is 37.5. The quantitative estimate of drug-likeness (QED) is 0.156. The van der Waals surface area contributed by atoms with Crippen molar-refractivity contribution in [3.05, 3.63) is 531 Å². The molecule has 0 saturated carbocycles. The number of thiophene rings is 2. The molecule has 150 heavy (non-hydrogen) atoms. The Balaban J connectivity index is 0.000000101. The predicted molar refractivity (Wildman–Crippen MR) is 630 cm³/mol. The highest BCUT2D eigenvalue weighted by molar-refractivity contribution is 7.17. The summed E-state index contributed by atoms with van der Waals surface area (Å²) in [5, 5.41) is 14.7. The Bertz CT molecular complexity index is 7410. The third kappa shape index (κ3) is 28.6. The number of nitrogens with zero attached hydrogens (tertiary/aromatic N) is 6. The van der Waals surface area contributed by atoms with Gasteiger partial charge in [0.15, 0.2) is 0 Å². The largest absolute Gasteiger partial charge is 0.493 e. The summed E-state index contributed by atoms with van der Waals surface area (Å²) in [5.74, 6) is 3.12. The number of rotatable bonds is 0. The van der Waals surface area contributed by atoms with E-state index in [1.165, 1.54) is 237 Å². The third-order valence-electron chi connectivity index (χ3n) is 27.9. The van der Waals surface area contributed by atoms with Crippen LogP contribution in [0.3, 0.4) is 0 Å². The van der Waals surface area contributed by atoms with E-state index >= 15 is 0 Å². The Labute approximate surface area is 892 Å². The van der Waals surface area contributed by atoms with Gasteiger partial charge in [0.05, 0.1) is 69.4 Å². The van der Waals surface area contributed by atoms with E-state index in [9.17, 15) is 0 Å². The number of benzene rings is 14. The SMILES string of the molecule is c1cc2c(s1)CCC2.c1cc2c3c(ccnc3c1)CC2.c1cc2c3c(ccnc3c1)CCC2.c1cc2c3c(ccnc3c1)CCCC2.c1cc2c3c(ccnc3c1)CCO2.c1ccc2[nH]ccc2c1.c1ccc2c(c1)CCC2.c1ccc2c(c1)CCCC2.c1ccc2c(c1)CCCO2.c1ccc2c(c1)CCO2.c1ccc2ncccc2c1.c1ccc2occc2c1.c1ccc2sccc2c1.c1ccc2scnc2c1.c1ccccc1. The molecule has 10 aromatic heterocycles. The van der Waals surface area contributed by atoms with Crippen molar-refractivity contribution < 1.29 is 18.6 Å². The smallest absolute Gasteiger partial charge is 0.133 e. The average molecular weight is 2020 g/mol. The normalized spacial score (nSPS) is 13.3. The lowest BCUT2D eigenvalue weighted by molar-refractivity contribution is 0.288. The maximum Gasteiger partial charge on any atom is 0.133 e. The van der Waals surface area contributed by atoms with Crippen LogP contribution in [0, 0.1) is 0 Å². The highest BCUT2D eigenvalue weighted by Gasteiger charge is 2.19. The van der Waals surface area contributed by atoms with Gasteiger partial charge in [-0.1, -0.05) is 255 Å². The van der Waals surface area contributed by atoms with Crippen molar-refractivity contribution in [3.8, 4) is 17.2 Å². The Morgan fingerprint density at radius 3 is 1.17 bits per heavy atom. The summed E-state index contributed by atoms with van der Waals surface area (Å²) >= 11 is 5.38. The van der Waals surface area contributed by atoms with Crippen molar-refractivity contribution in [2.75, 3.05) is 19.8 Å². The van der Waals surface area contributed by atoms with E-state index in [0.29, 0.717) is 0 Å². The molecule has 24 aromatic rings. The molecule has 0 spiro atoms. The monoisotopic (exact) mass is 2020 g/mol. The third-order valence-corrected chi connectivity index (χ3v) is 30.7. The number of H-pyrrole nitrogens is 1. The van der Waals surface area contributed by atoms with Crippen molar-refractivity contribution in [1.29, 1.82) is 0 Å². The molecule has 748 valence electrons. The van der Waals surface area contributed by atoms with Crippen LogP contribution in [0.1, 0.15) is 134 Å². The fraction of sp³-hybridized carbons (Fsp3) is 0.191. The number of para-hydroxylation sites is 6. The number of ether oxygens (including phenoxy) is 3. The van der Waals surface area contributed by atoms with Crippen molar-refractivity contribution >= 4 is 131 Å². The minimum absolute atomic E-state index is 0.788. The Morgan fingerprint density at radius 1 is 0.207 bits per heavy atom. The van der Waals surface area contributed by atoms with Gasteiger partial charge in [-0.2, -0.15) is 0 Å². The van der Waals surface area contributed by atoms with Crippen LogP contribution in [-0.2, 0) is 96.3 Å². The van der Waals surface area contributed by atoms with E-state index in [4.69, 9.17) is 18.6 Å². The van der Waals surface area contributed by atoms with Gasteiger partial charge in [0.2, 0.25) is 0 Å². The second kappa shape index (κ2) is 54.7. The van der Waals surface area contributed by atoms with Crippen molar-refractivity contribution in [2.45, 2.75) is 148 Å². The molecule has 0 unspecified atom stereocenters. The molecular formula is C136H127N7O4S3. The standard InChI is InChI=1S/C13H13N.C12H11N.C11H9NO.C11H9N.C10H12.C9H7N.C9H10O.C9H10.C8H7N.C8H8O.C8H6O.C8H6S.C7H5NS.C7H8S.C6H6/c1-2-5-11-8-9-14-12-7-3-6-10(4-1)13(11)12;1-3-9-5-2-6-11-12(9)10(4-1)7-8-13-11;1-2-9-11-8(4-6-12-9)5-7-13-10(11)3-1;1-2-8-4-5-9-6-7-12-10(3-1)11(8)9;1-2-6-10-8-4-3-7-9(10)5-1;2*1-2-6-9-8(4-1)5-3-7-10-9;1-2-5-9-7-3-6-8(9)4-1;4*1-2-4-8-7(3-1)5-6-9-8;1-2-4-7-6(3-1)8-5-9-7;1-2-6-4-5-8-7(6)3-1;1-2-4-6-5-3-1/h3,6-9H,1-2,4-5H2;2,5-8H,1,3-4H2;1-4,6H,5,7H2;1-3,6-7H,4-5H2;1-2,5-6H,3-4,7-8H2;1-7H;1-2,4,6H,3,5,7H2;1-2,4-5H,3,6-7H2;1-6,9H;1-4H,5-6H2;2*1-6H;1-5H;4-5H,1-3H2;1-6H. The van der Waals surface area contributed by atoms with E-state index in [-0.39, 0.29) is 0 Å². The Hall–Kier alpha value is -15.8. The first-order valence-electron chi connectivity index (χ1n) is 53.1. The number of aryl methyl sites for hydroxylation is 13. The van der Waals surface area contributed by atoms with Crippen molar-refractivity contribution in [1.82, 2.24) is 34.9 Å². The maximum atomic E-state index is 5.56. The van der Waals surface area contributed by atoms with Gasteiger partial charge < -0.3 is 23.6 Å². The summed E-state index contributed by atoms with van der Waals surface area (Å²) in [7, 11) is 0. The molecule has 13 heterocycles. The minimum Gasteiger partial charge on any atom is -0.493 e. The lowest BCUT2D eigenvalue weighted by Crippen LogP contribution is -2.08. The Morgan fingerprint density at radius 2 is 0.600 bits per heavy atom. The molecule has 1 N–H and O–H groups in total. The summed E-state index contributed by atoms with van der Waals surface area (Å²) in [6.45, 7) is 2.53. The molecule has 9 aliphatic rings. The van der Waals surface area contributed by atoms with Gasteiger partial charge in [0.1, 0.15) is 22.8 Å². The van der Waals surface area contributed by atoms with E-state index in [1.807, 2.05) is 224 Å². The molecule has 14 aromatic carbocycles. The number of furan rings is 1. The number of nitrogens with one attached hydrogen (secondary N) is 1. The van der Waals surface area contributed by atoms with Gasteiger partial charge >= 0.3 is 0 Å². The number of fused-ring (bicyclic) bond motifs is 10. The summed E-state index contributed by atoms with van der Waals surface area (Å²) in [4.78, 5) is 30.5. The number of aromatic nitrogens is 7. The van der Waals surface area contributed by atoms with Gasteiger partial charge in [0, 0.05) is 97.4 Å². The molecule has 14 heteroatoms. The van der Waals surface area contributed by atoms with Crippen LogP contribution in [0.25, 0.3) is 96.7 Å². The summed E-state index contributed by atoms with van der Waals surface area (Å²) in [6, 6.07) is 133. The van der Waals surface area contributed by atoms with E-state index in [2.05, 4.69) is 264 Å². The van der Waals surface area contributed by atoms with Crippen LogP contribution in [0.15, 0.2) is 452 Å². The first-order valence-corrected chi connectivity index (χ1v) is 55.7. The summed E-state index contributed by atoms with van der Waals surface area (Å²) in [6.07, 6.45) is 42.1. The molecular weight excluding hydrogens is 1890 g/mol. The highest BCUT2D eigenvalue weighted by Crippen LogP contribution is 2.36. The molecule has 0 radical (unpaired) electrons. The summed E-state index contributed by atoms with van der Waals surface area (Å²) in [5.41, 5.74) is 31.5. The molecule has 11 nitrogen and oxygen atoms in total. The zero-order valence-electron chi connectivity index (χ0n) is 85.1. The molecule has 0 saturated heterocycles. The van der Waals surface area contributed by atoms with Gasteiger partial charge in [0.25, 0.3) is 0 Å². The molecule has 33 rings (SSSR count). The molecule has 6 aliphatic carbocycles. The zero-order valence-corrected chi connectivity index (χ0v) is 87.6. The molecule has 3 aliphatic heterocycles. The van der Waals surface area contributed by atoms with Crippen LogP contribution in [0.5, 0.6) is 17.2 Å². The lowest BCUT2D eigenvalue weighted by atomic mass is 9.91. The average Bonchev–Trinajstić information content (AvgIpc) is 1.36. The van der Waals surface area contributed by atoms with Gasteiger partial charge in [-0.05, 0) is 368 Å².